The van der Waals surface area contributed by atoms with Gasteiger partial charge in [-0.15, -0.1) is 0 Å². The van der Waals surface area contributed by atoms with Crippen LogP contribution >= 0.6 is 0 Å². The van der Waals surface area contributed by atoms with Crippen LogP contribution in [0.2, 0.25) is 0 Å². The second kappa shape index (κ2) is 10.5. The number of carbonyl (C=O) groups excluding carboxylic acids is 1. The molecule has 3 fully saturated rings. The van der Waals surface area contributed by atoms with Gasteiger partial charge < -0.3 is 25.5 Å². The number of hydrogen-bond donors (Lipinski definition) is 5. The summed E-state index contributed by atoms with van der Waals surface area (Å²) >= 11 is 0. The minimum absolute atomic E-state index is 0.0720. The second-order valence-corrected chi connectivity index (χ2v) is 10.2. The van der Waals surface area contributed by atoms with Gasteiger partial charge in [0.1, 0.15) is 5.69 Å². The lowest BCUT2D eigenvalue weighted by atomic mass is 9.91. The first-order valence-corrected chi connectivity index (χ1v) is 13.2. The Hall–Kier alpha value is -3.78. The molecule has 3 aromatic rings. The predicted molar refractivity (Wildman–Crippen MR) is 136 cm³/mol. The molecule has 1 aliphatic heterocycles. The third-order valence-corrected chi connectivity index (χ3v) is 7.15. The van der Waals surface area contributed by atoms with Gasteiger partial charge in [-0.05, 0) is 44.6 Å². The first-order chi connectivity index (χ1) is 18.5. The van der Waals surface area contributed by atoms with Crippen molar-refractivity contribution in [2.45, 2.75) is 56.7 Å². The van der Waals surface area contributed by atoms with Gasteiger partial charge in [0.25, 0.3) is 5.62 Å². The average Bonchev–Trinajstić information content (AvgIpc) is 3.54. The van der Waals surface area contributed by atoms with Crippen molar-refractivity contribution < 1.29 is 14.6 Å². The third-order valence-electron chi connectivity index (χ3n) is 7.15. The van der Waals surface area contributed by atoms with Crippen LogP contribution in [0.3, 0.4) is 0 Å². The van der Waals surface area contributed by atoms with Crippen LogP contribution in [0.1, 0.15) is 44.2 Å². The predicted octanol–water partition coefficient (Wildman–Crippen LogP) is -1.37. The summed E-state index contributed by atoms with van der Waals surface area (Å²) in [4.78, 5) is 45.1. The Bertz CT molecular complexity index is 1480. The monoisotopic (exact) mass is 524 g/mol. The molecule has 6 rings (SSSR count). The van der Waals surface area contributed by atoms with Crippen LogP contribution < -0.4 is 27.2 Å². The Kier molecular flexibility index (Phi) is 6.81. The minimum Gasteiger partial charge on any atom is -0.493 e. The highest BCUT2D eigenvalue weighted by molar-refractivity contribution is 5.78. The average molecular weight is 525 g/mol. The standard InChI is InChI=1S/C24H32N10O4/c35-19(13-33-7-9-38-10-8-33)26-15-1-3-16(4-2-15)27-22-30-20-14(11-18-21(36)31-24(37)29-18)12-25-34(20)23(32-22)28-17-5-6-17/h11-12,15-17,36H,1-10,13H2,(H,26,35)(H,27,28,32)(H2,29,31,37). The summed E-state index contributed by atoms with van der Waals surface area (Å²) in [5, 5.41) is 21.6. The molecule has 0 spiro atoms. The summed E-state index contributed by atoms with van der Waals surface area (Å²) in [6.07, 6.45) is 8.77. The van der Waals surface area contributed by atoms with Crippen molar-refractivity contribution in [3.8, 4) is 5.88 Å². The van der Waals surface area contributed by atoms with Gasteiger partial charge in [-0.1, -0.05) is 0 Å². The highest BCUT2D eigenvalue weighted by atomic mass is 16.5. The third kappa shape index (κ3) is 5.70. The van der Waals surface area contributed by atoms with Crippen molar-refractivity contribution in [1.82, 2.24) is 39.8 Å². The maximum Gasteiger partial charge on any atom is 0.326 e. The first-order valence-electron chi connectivity index (χ1n) is 13.2. The number of rotatable bonds is 7. The van der Waals surface area contributed by atoms with E-state index in [1.807, 2.05) is 0 Å². The molecule has 0 atom stereocenters. The molecule has 202 valence electrons. The first kappa shape index (κ1) is 24.6. The fraction of sp³-hybridized carbons (Fsp3) is 0.583. The molecule has 14 nitrogen and oxygen atoms in total. The molecule has 0 radical (unpaired) electrons. The van der Waals surface area contributed by atoms with Gasteiger partial charge in [-0.3, -0.25) is 14.7 Å². The topological polar surface area (TPSA) is 178 Å². The van der Waals surface area contributed by atoms with E-state index in [1.165, 1.54) is 0 Å². The molecule has 1 amide bonds. The fourth-order valence-electron chi connectivity index (χ4n) is 4.95. The summed E-state index contributed by atoms with van der Waals surface area (Å²) in [6.45, 7) is 3.37. The van der Waals surface area contributed by atoms with Gasteiger partial charge in [0.2, 0.25) is 17.7 Å². The Labute approximate surface area is 217 Å². The summed E-state index contributed by atoms with van der Waals surface area (Å²) in [5.74, 6) is 0.278. The van der Waals surface area contributed by atoms with E-state index in [0.29, 0.717) is 42.2 Å². The molecule has 2 saturated carbocycles. The van der Waals surface area contributed by atoms with E-state index < -0.39 is 5.69 Å². The van der Waals surface area contributed by atoms with E-state index in [1.54, 1.807) is 16.8 Å². The van der Waals surface area contributed by atoms with Crippen molar-refractivity contribution in [2.24, 2.45) is 4.99 Å². The van der Waals surface area contributed by atoms with E-state index in [0.717, 1.165) is 51.6 Å². The SMILES string of the molecule is O=C(CN1CCOCC1)NC1CCC(Nc2nc(=NC3CC3)n3ncc(=Cc4[nH]c(=O)[nH]c4O)c3n2)CC1. The Morgan fingerprint density at radius 3 is 2.61 bits per heavy atom. The highest BCUT2D eigenvalue weighted by Crippen LogP contribution is 2.23. The van der Waals surface area contributed by atoms with Crippen molar-refractivity contribution in [1.29, 1.82) is 0 Å². The lowest BCUT2D eigenvalue weighted by molar-refractivity contribution is -0.124. The Balaban J connectivity index is 1.15. The van der Waals surface area contributed by atoms with Crippen molar-refractivity contribution >= 4 is 23.6 Å². The normalized spacial score (nSPS) is 23.7. The number of ether oxygens (including phenoxy) is 1. The molecule has 4 heterocycles. The second-order valence-electron chi connectivity index (χ2n) is 10.2. The number of aromatic amines is 2. The molecule has 38 heavy (non-hydrogen) atoms. The van der Waals surface area contributed by atoms with Crippen LogP contribution in [-0.4, -0.2) is 96.4 Å². The zero-order chi connectivity index (χ0) is 26.1. The van der Waals surface area contributed by atoms with Gasteiger partial charge in [-0.2, -0.15) is 19.6 Å². The van der Waals surface area contributed by atoms with E-state index in [9.17, 15) is 14.7 Å². The molecule has 5 N–H and O–H groups in total. The van der Waals surface area contributed by atoms with Crippen LogP contribution in [0, 0.1) is 0 Å². The van der Waals surface area contributed by atoms with Crippen LogP contribution in [0.15, 0.2) is 16.0 Å². The summed E-state index contributed by atoms with van der Waals surface area (Å²) in [6, 6.07) is 0.566. The number of carbonyl (C=O) groups is 1. The number of nitrogens with one attached hydrogen (secondary N) is 4. The van der Waals surface area contributed by atoms with Crippen LogP contribution in [0.4, 0.5) is 5.95 Å². The van der Waals surface area contributed by atoms with E-state index in [-0.39, 0.29) is 35.6 Å². The zero-order valence-electron chi connectivity index (χ0n) is 21.0. The van der Waals surface area contributed by atoms with Gasteiger partial charge in [0, 0.05) is 30.4 Å². The van der Waals surface area contributed by atoms with E-state index >= 15 is 0 Å². The number of aromatic nitrogens is 6. The van der Waals surface area contributed by atoms with Crippen molar-refractivity contribution in [3.05, 3.63) is 33.2 Å². The van der Waals surface area contributed by atoms with Gasteiger partial charge in [0.05, 0.1) is 32.0 Å². The molecule has 1 saturated heterocycles. The molecule has 0 aromatic carbocycles. The van der Waals surface area contributed by atoms with Gasteiger partial charge in [0.15, 0.2) is 5.65 Å². The van der Waals surface area contributed by atoms with Crippen molar-refractivity contribution in [2.75, 3.05) is 38.2 Å². The number of anilines is 1. The number of hydrogen-bond acceptors (Lipinski definition) is 10. The van der Waals surface area contributed by atoms with Gasteiger partial charge >= 0.3 is 5.69 Å². The maximum absolute atomic E-state index is 12.5. The fourth-order valence-corrected chi connectivity index (χ4v) is 4.95. The number of morpholine rings is 1. The molecule has 0 unspecified atom stereocenters. The quantitative estimate of drug-likeness (QED) is 0.249. The molecule has 3 aromatic heterocycles. The van der Waals surface area contributed by atoms with Gasteiger partial charge in [-0.25, -0.2) is 9.79 Å². The molecular formula is C24H32N10O4. The minimum atomic E-state index is -0.500. The summed E-state index contributed by atoms with van der Waals surface area (Å²) in [5.41, 5.74) is 0.732. The molecule has 14 heteroatoms. The number of H-pyrrole nitrogens is 2. The smallest absolute Gasteiger partial charge is 0.326 e. The Morgan fingerprint density at radius 2 is 1.89 bits per heavy atom. The zero-order valence-corrected chi connectivity index (χ0v) is 21.0. The highest BCUT2D eigenvalue weighted by Gasteiger charge is 2.25. The summed E-state index contributed by atoms with van der Waals surface area (Å²) in [7, 11) is 0. The summed E-state index contributed by atoms with van der Waals surface area (Å²) < 4.78 is 6.93. The van der Waals surface area contributed by atoms with E-state index in [4.69, 9.17) is 14.7 Å². The van der Waals surface area contributed by atoms with Crippen molar-refractivity contribution in [3.63, 3.8) is 0 Å². The maximum atomic E-state index is 12.5. The van der Waals surface area contributed by atoms with Crippen LogP contribution in [-0.2, 0) is 9.53 Å². The lowest BCUT2D eigenvalue weighted by Crippen LogP contribution is -2.47. The largest absolute Gasteiger partial charge is 0.493 e. The lowest BCUT2D eigenvalue weighted by Gasteiger charge is -2.31. The van der Waals surface area contributed by atoms with Crippen LogP contribution in [0.5, 0.6) is 5.88 Å². The number of aromatic hydroxyl groups is 1. The Morgan fingerprint density at radius 1 is 1.13 bits per heavy atom. The number of fused-ring (bicyclic) bond motifs is 1. The van der Waals surface area contributed by atoms with E-state index in [2.05, 4.69) is 35.6 Å². The molecular weight excluding hydrogens is 492 g/mol. The number of nitrogens with zero attached hydrogens (tertiary/aromatic N) is 6. The van der Waals surface area contributed by atoms with Crippen LogP contribution in [0.25, 0.3) is 11.7 Å². The number of imidazole rings is 1. The molecule has 2 aliphatic carbocycles. The molecule has 3 aliphatic rings. The molecule has 0 bridgehead atoms. The number of amides is 1.